The molecule has 102 valence electrons. The van der Waals surface area contributed by atoms with Gasteiger partial charge in [0.05, 0.1) is 29.9 Å². The lowest BCUT2D eigenvalue weighted by molar-refractivity contribution is 0.0922. The van der Waals surface area contributed by atoms with Crippen LogP contribution in [0.3, 0.4) is 0 Å². The van der Waals surface area contributed by atoms with Crippen LogP contribution in [0.1, 0.15) is 29.1 Å². The number of nitrogens with one attached hydrogen (secondary N) is 1. The molecule has 0 fully saturated rings. The molecule has 0 radical (unpaired) electrons. The largest absolute Gasteiger partial charge is 0.346 e. The van der Waals surface area contributed by atoms with Gasteiger partial charge in [-0.3, -0.25) is 4.79 Å². The molecule has 1 amide bonds. The minimum Gasteiger partial charge on any atom is -0.346 e. The summed E-state index contributed by atoms with van der Waals surface area (Å²) in [5.41, 5.74) is 1.12. The Balaban J connectivity index is 2.02. The number of hydrogen-bond donors (Lipinski definition) is 1. The Morgan fingerprint density at radius 2 is 2.11 bits per heavy atom. The molecule has 6 heteroatoms. The Morgan fingerprint density at radius 1 is 1.42 bits per heavy atom. The molecule has 0 aliphatic rings. The topological polar surface area (TPSA) is 59.8 Å². The van der Waals surface area contributed by atoms with E-state index >= 15 is 0 Å². The van der Waals surface area contributed by atoms with Gasteiger partial charge in [-0.15, -0.1) is 11.3 Å². The van der Waals surface area contributed by atoms with E-state index in [0.717, 1.165) is 10.4 Å². The summed E-state index contributed by atoms with van der Waals surface area (Å²) < 4.78 is 0. The van der Waals surface area contributed by atoms with Crippen molar-refractivity contribution in [3.05, 3.63) is 34.3 Å². The molecule has 2 aromatic rings. The summed E-state index contributed by atoms with van der Waals surface area (Å²) in [6.07, 6.45) is 3.28. The molecule has 1 atom stereocenters. The number of carbonyl (C=O) groups is 1. The second-order valence-electron chi connectivity index (χ2n) is 4.90. The van der Waals surface area contributed by atoms with Crippen LogP contribution in [-0.2, 0) is 6.54 Å². The third-order valence-corrected chi connectivity index (χ3v) is 3.95. The molecule has 0 unspecified atom stereocenters. The van der Waals surface area contributed by atoms with Crippen LogP contribution in [-0.4, -0.2) is 26.9 Å². The van der Waals surface area contributed by atoms with Crippen LogP contribution in [0.4, 0.5) is 0 Å². The lowest BCUT2D eigenvalue weighted by Gasteiger charge is -2.21. The van der Waals surface area contributed by atoms with Crippen LogP contribution >= 0.6 is 11.3 Å². The molecule has 0 bridgehead atoms. The van der Waals surface area contributed by atoms with Gasteiger partial charge in [0.2, 0.25) is 0 Å². The molecule has 0 saturated heterocycles. The average Bonchev–Trinajstić information content (AvgIpc) is 2.99. The lowest BCUT2D eigenvalue weighted by Crippen LogP contribution is -2.41. The normalized spacial score (nSPS) is 12.6. The average molecular weight is 278 g/mol. The van der Waals surface area contributed by atoms with Gasteiger partial charge in [-0.25, -0.2) is 0 Å². The molecule has 0 aliphatic carbocycles. The summed E-state index contributed by atoms with van der Waals surface area (Å²) in [4.78, 5) is 14.5. The predicted molar refractivity (Wildman–Crippen MR) is 75.2 cm³/mol. The molecular weight excluding hydrogens is 260 g/mol. The Morgan fingerprint density at radius 3 is 2.63 bits per heavy atom. The van der Waals surface area contributed by atoms with E-state index in [1.54, 1.807) is 17.2 Å². The monoisotopic (exact) mass is 278 g/mol. The first-order valence-corrected chi connectivity index (χ1v) is 7.14. The van der Waals surface area contributed by atoms with Gasteiger partial charge in [-0.1, -0.05) is 13.8 Å². The summed E-state index contributed by atoms with van der Waals surface area (Å²) in [7, 11) is 0. The lowest BCUT2D eigenvalue weighted by atomic mass is 10.0. The zero-order chi connectivity index (χ0) is 13.8. The van der Waals surface area contributed by atoms with Crippen molar-refractivity contribution >= 4 is 17.2 Å². The van der Waals surface area contributed by atoms with Crippen molar-refractivity contribution in [2.24, 2.45) is 5.92 Å². The molecule has 0 aromatic carbocycles. The third-order valence-electron chi connectivity index (χ3n) is 2.90. The second-order valence-corrected chi connectivity index (χ2v) is 5.81. The van der Waals surface area contributed by atoms with E-state index in [-0.39, 0.29) is 11.9 Å². The highest BCUT2D eigenvalue weighted by molar-refractivity contribution is 7.12. The first kappa shape index (κ1) is 13.7. The molecule has 0 saturated carbocycles. The Bertz CT molecular complexity index is 533. The van der Waals surface area contributed by atoms with Crippen LogP contribution in [0.15, 0.2) is 23.8 Å². The van der Waals surface area contributed by atoms with Gasteiger partial charge in [0, 0.05) is 0 Å². The van der Waals surface area contributed by atoms with E-state index in [1.165, 1.54) is 11.3 Å². The van der Waals surface area contributed by atoms with Crippen LogP contribution in [0.25, 0.3) is 0 Å². The van der Waals surface area contributed by atoms with Crippen molar-refractivity contribution in [3.8, 4) is 0 Å². The Labute approximate surface area is 116 Å². The van der Waals surface area contributed by atoms with Gasteiger partial charge in [-0.05, 0) is 29.9 Å². The zero-order valence-electron chi connectivity index (χ0n) is 11.3. The van der Waals surface area contributed by atoms with E-state index in [4.69, 9.17) is 0 Å². The van der Waals surface area contributed by atoms with Crippen molar-refractivity contribution in [2.75, 3.05) is 0 Å². The molecular formula is C13H18N4OS. The van der Waals surface area contributed by atoms with Crippen molar-refractivity contribution in [2.45, 2.75) is 33.4 Å². The molecule has 0 aliphatic heterocycles. The van der Waals surface area contributed by atoms with E-state index in [0.29, 0.717) is 12.5 Å². The number of carbonyl (C=O) groups excluding carboxylic acids is 1. The quantitative estimate of drug-likeness (QED) is 0.911. The smallest absolute Gasteiger partial charge is 0.261 e. The fourth-order valence-corrected chi connectivity index (χ4v) is 2.53. The predicted octanol–water partition coefficient (Wildman–Crippen LogP) is 2.10. The number of aromatic nitrogens is 3. The van der Waals surface area contributed by atoms with E-state index in [2.05, 4.69) is 29.4 Å². The van der Waals surface area contributed by atoms with Crippen LogP contribution in [0, 0.1) is 12.8 Å². The van der Waals surface area contributed by atoms with Crippen molar-refractivity contribution in [3.63, 3.8) is 0 Å². The molecule has 2 rings (SSSR count). The van der Waals surface area contributed by atoms with Gasteiger partial charge >= 0.3 is 0 Å². The fourth-order valence-electron chi connectivity index (χ4n) is 1.73. The molecule has 1 N–H and O–H groups in total. The van der Waals surface area contributed by atoms with Crippen LogP contribution in [0.2, 0.25) is 0 Å². The summed E-state index contributed by atoms with van der Waals surface area (Å²) in [6, 6.07) is 1.92. The maximum Gasteiger partial charge on any atom is 0.261 e. The first-order valence-electron chi connectivity index (χ1n) is 6.26. The number of aryl methyl sites for hydroxylation is 1. The SMILES string of the molecule is Cc1csc(C(=O)N[C@@H](Cn2nccn2)C(C)C)c1. The maximum absolute atomic E-state index is 12.2. The van der Waals surface area contributed by atoms with E-state index in [9.17, 15) is 4.79 Å². The van der Waals surface area contributed by atoms with Gasteiger partial charge in [0.25, 0.3) is 5.91 Å². The number of hydrogen-bond acceptors (Lipinski definition) is 4. The minimum absolute atomic E-state index is 0.0160. The standard InChI is InChI=1S/C13H18N4OS/c1-9(2)11(7-17-14-4-5-15-17)16-13(18)12-6-10(3)8-19-12/h4-6,8-9,11H,7H2,1-3H3,(H,16,18)/t11-/m0/s1. The van der Waals surface area contributed by atoms with Gasteiger partial charge < -0.3 is 5.32 Å². The highest BCUT2D eigenvalue weighted by atomic mass is 32.1. The number of nitrogens with zero attached hydrogens (tertiary/aromatic N) is 3. The minimum atomic E-state index is -0.0241. The van der Waals surface area contributed by atoms with Crippen molar-refractivity contribution < 1.29 is 4.79 Å². The second kappa shape index (κ2) is 5.97. The molecule has 5 nitrogen and oxygen atoms in total. The Kier molecular flexibility index (Phi) is 4.31. The molecule has 2 aromatic heterocycles. The summed E-state index contributed by atoms with van der Waals surface area (Å²) in [5, 5.41) is 13.2. The maximum atomic E-state index is 12.2. The number of thiophene rings is 1. The summed E-state index contributed by atoms with van der Waals surface area (Å²) in [5.74, 6) is 0.292. The van der Waals surface area contributed by atoms with Crippen LogP contribution < -0.4 is 5.32 Å². The zero-order valence-corrected chi connectivity index (χ0v) is 12.1. The van der Waals surface area contributed by atoms with Crippen molar-refractivity contribution in [1.29, 1.82) is 0 Å². The van der Waals surface area contributed by atoms with Crippen molar-refractivity contribution in [1.82, 2.24) is 20.3 Å². The number of rotatable bonds is 5. The first-order chi connectivity index (χ1) is 9.06. The van der Waals surface area contributed by atoms with Gasteiger partial charge in [-0.2, -0.15) is 15.0 Å². The van der Waals surface area contributed by atoms with Gasteiger partial charge in [0.15, 0.2) is 0 Å². The molecule has 19 heavy (non-hydrogen) atoms. The van der Waals surface area contributed by atoms with E-state index < -0.39 is 0 Å². The fraction of sp³-hybridized carbons (Fsp3) is 0.462. The number of amides is 1. The Hall–Kier alpha value is -1.69. The van der Waals surface area contributed by atoms with Crippen LogP contribution in [0.5, 0.6) is 0 Å². The summed E-state index contributed by atoms with van der Waals surface area (Å²) >= 11 is 1.47. The molecule has 2 heterocycles. The highest BCUT2D eigenvalue weighted by Crippen LogP contribution is 2.14. The third kappa shape index (κ3) is 3.64. The summed E-state index contributed by atoms with van der Waals surface area (Å²) in [6.45, 7) is 6.73. The van der Waals surface area contributed by atoms with E-state index in [1.807, 2.05) is 18.4 Å². The highest BCUT2D eigenvalue weighted by Gasteiger charge is 2.19. The molecule has 0 spiro atoms. The van der Waals surface area contributed by atoms with Gasteiger partial charge in [0.1, 0.15) is 0 Å².